The van der Waals surface area contributed by atoms with Crippen LogP contribution in [0.4, 0.5) is 0 Å². The maximum atomic E-state index is 11.7. The highest BCUT2D eigenvalue weighted by Gasteiger charge is 2.23. The molecule has 0 fully saturated rings. The van der Waals surface area contributed by atoms with Gasteiger partial charge >= 0.3 is 5.97 Å². The summed E-state index contributed by atoms with van der Waals surface area (Å²) >= 11 is 0. The van der Waals surface area contributed by atoms with E-state index in [-0.39, 0.29) is 5.97 Å². The lowest BCUT2D eigenvalue weighted by molar-refractivity contribution is -0.148. The van der Waals surface area contributed by atoms with Gasteiger partial charge in [-0.25, -0.2) is 0 Å². The Morgan fingerprint density at radius 2 is 1.63 bits per heavy atom. The quantitative estimate of drug-likeness (QED) is 0.208. The van der Waals surface area contributed by atoms with Gasteiger partial charge in [-0.15, -0.1) is 0 Å². The Morgan fingerprint density at radius 3 is 2.05 bits per heavy atom. The maximum Gasteiger partial charge on any atom is 0.316 e. The molecule has 0 saturated heterocycles. The summed E-state index contributed by atoms with van der Waals surface area (Å²) in [4.78, 5) is 11.7. The minimum atomic E-state index is -0.481. The number of unbranched alkanes of at least 4 members (excludes halogenated alkanes) is 3. The van der Waals surface area contributed by atoms with Crippen molar-refractivity contribution in [3.63, 3.8) is 0 Å². The third kappa shape index (κ3) is 9.29. The van der Waals surface area contributed by atoms with Crippen molar-refractivity contribution in [1.82, 2.24) is 0 Å². The molecule has 0 saturated carbocycles. The molecule has 19 heavy (non-hydrogen) atoms. The fourth-order valence-corrected chi connectivity index (χ4v) is 1.35. The zero-order chi connectivity index (χ0) is 14.9. The smallest absolute Gasteiger partial charge is 0.316 e. The van der Waals surface area contributed by atoms with Crippen LogP contribution in [-0.2, 0) is 9.53 Å². The predicted octanol–water partition coefficient (Wildman–Crippen LogP) is 5.17. The second kappa shape index (κ2) is 8.73. The van der Waals surface area contributed by atoms with Crippen molar-refractivity contribution >= 4 is 5.97 Å². The van der Waals surface area contributed by atoms with E-state index in [2.05, 4.69) is 26.5 Å². The molecule has 0 amide bonds. The number of esters is 1. The summed E-state index contributed by atoms with van der Waals surface area (Å²) in [5.74, 6) is 0.352. The van der Waals surface area contributed by atoms with Gasteiger partial charge in [-0.3, -0.25) is 4.79 Å². The van der Waals surface area contributed by atoms with Crippen LogP contribution in [0.3, 0.4) is 0 Å². The number of hydrogen-bond acceptors (Lipinski definition) is 2. The second-order valence-corrected chi connectivity index (χ2v) is 6.02. The predicted molar refractivity (Wildman–Crippen MR) is 81.7 cm³/mol. The number of carbonyl (C=O) groups excluding carboxylic acids is 1. The van der Waals surface area contributed by atoms with Crippen LogP contribution >= 0.6 is 0 Å². The molecule has 0 spiro atoms. The van der Waals surface area contributed by atoms with Gasteiger partial charge in [0.1, 0.15) is 5.76 Å². The minimum Gasteiger partial charge on any atom is -0.427 e. The van der Waals surface area contributed by atoms with Crippen molar-refractivity contribution in [2.24, 2.45) is 5.41 Å². The van der Waals surface area contributed by atoms with Crippen LogP contribution in [0.15, 0.2) is 36.1 Å². The monoisotopic (exact) mass is 264 g/mol. The van der Waals surface area contributed by atoms with E-state index < -0.39 is 5.41 Å². The van der Waals surface area contributed by atoms with Gasteiger partial charge < -0.3 is 4.74 Å². The third-order valence-corrected chi connectivity index (χ3v) is 2.58. The summed E-state index contributed by atoms with van der Waals surface area (Å²) in [5.41, 5.74) is 0.882. The maximum absolute atomic E-state index is 11.7. The molecule has 2 heteroatoms. The summed E-state index contributed by atoms with van der Waals surface area (Å²) < 4.78 is 5.30. The molecule has 0 bridgehead atoms. The second-order valence-electron chi connectivity index (χ2n) is 6.02. The molecular formula is C17H28O2. The molecule has 0 aromatic rings. The molecule has 0 aromatic carbocycles. The average molecular weight is 264 g/mol. The van der Waals surface area contributed by atoms with Gasteiger partial charge in [-0.2, -0.15) is 0 Å². The largest absolute Gasteiger partial charge is 0.427 e. The number of allylic oxidation sites excluding steroid dienone is 4. The third-order valence-electron chi connectivity index (χ3n) is 2.58. The fraction of sp³-hybridized carbons (Fsp3) is 0.588. The lowest BCUT2D eigenvalue weighted by atomic mass is 9.97. The van der Waals surface area contributed by atoms with Crippen molar-refractivity contribution in [2.45, 2.75) is 60.3 Å². The van der Waals surface area contributed by atoms with E-state index in [0.717, 1.165) is 25.7 Å². The van der Waals surface area contributed by atoms with Crippen molar-refractivity contribution in [3.8, 4) is 0 Å². The SMILES string of the molecule is C=C/C(=C\CCCCC=C(C)C)OC(=O)C(C)(C)C. The normalized spacial score (nSPS) is 11.9. The van der Waals surface area contributed by atoms with E-state index in [1.54, 1.807) is 6.08 Å². The summed E-state index contributed by atoms with van der Waals surface area (Å²) in [6.07, 6.45) is 10.1. The van der Waals surface area contributed by atoms with Crippen LogP contribution in [0.25, 0.3) is 0 Å². The van der Waals surface area contributed by atoms with Gasteiger partial charge in [0.05, 0.1) is 5.41 Å². The Morgan fingerprint density at radius 1 is 1.11 bits per heavy atom. The van der Waals surface area contributed by atoms with Gasteiger partial charge in [0.2, 0.25) is 0 Å². The highest BCUT2D eigenvalue weighted by molar-refractivity contribution is 5.76. The molecule has 2 nitrogen and oxygen atoms in total. The molecule has 0 heterocycles. The van der Waals surface area contributed by atoms with Crippen molar-refractivity contribution in [2.75, 3.05) is 0 Å². The number of ether oxygens (including phenoxy) is 1. The van der Waals surface area contributed by atoms with Crippen LogP contribution in [0.5, 0.6) is 0 Å². The first kappa shape index (κ1) is 17.7. The van der Waals surface area contributed by atoms with E-state index in [4.69, 9.17) is 4.74 Å². The van der Waals surface area contributed by atoms with Gasteiger partial charge in [0.25, 0.3) is 0 Å². The van der Waals surface area contributed by atoms with Gasteiger partial charge in [0, 0.05) is 0 Å². The van der Waals surface area contributed by atoms with Gasteiger partial charge in [0.15, 0.2) is 0 Å². The molecule has 0 rings (SSSR count). The summed E-state index contributed by atoms with van der Waals surface area (Å²) in [6, 6.07) is 0. The minimum absolute atomic E-state index is 0.219. The van der Waals surface area contributed by atoms with E-state index in [1.165, 1.54) is 5.57 Å². The highest BCUT2D eigenvalue weighted by atomic mass is 16.5. The molecular weight excluding hydrogens is 236 g/mol. The first-order chi connectivity index (χ1) is 8.77. The van der Waals surface area contributed by atoms with Crippen LogP contribution in [0.2, 0.25) is 0 Å². The van der Waals surface area contributed by atoms with E-state index in [9.17, 15) is 4.79 Å². The van der Waals surface area contributed by atoms with Gasteiger partial charge in [-0.05, 0) is 72.5 Å². The summed E-state index contributed by atoms with van der Waals surface area (Å²) in [6.45, 7) is 13.4. The number of hydrogen-bond donors (Lipinski definition) is 0. The first-order valence-electron chi connectivity index (χ1n) is 6.95. The van der Waals surface area contributed by atoms with Crippen LogP contribution in [0, 0.1) is 5.41 Å². The molecule has 0 N–H and O–H groups in total. The average Bonchev–Trinajstić information content (AvgIpc) is 2.30. The zero-order valence-corrected chi connectivity index (χ0v) is 13.1. The molecule has 108 valence electrons. The molecule has 0 aromatic heterocycles. The highest BCUT2D eigenvalue weighted by Crippen LogP contribution is 2.18. The standard InChI is InChI=1S/C17H28O2/c1-7-15(19-16(18)17(4,5)6)13-11-9-8-10-12-14(2)3/h7,12-13H,1,8-11H2,2-6H3/b15-13+. The topological polar surface area (TPSA) is 26.3 Å². The van der Waals surface area contributed by atoms with Crippen LogP contribution in [0.1, 0.15) is 60.3 Å². The fourth-order valence-electron chi connectivity index (χ4n) is 1.35. The lowest BCUT2D eigenvalue weighted by Crippen LogP contribution is -2.22. The molecule has 0 atom stereocenters. The van der Waals surface area contributed by atoms with Gasteiger partial charge in [-0.1, -0.05) is 18.2 Å². The molecule has 0 aliphatic heterocycles. The van der Waals surface area contributed by atoms with E-state index >= 15 is 0 Å². The van der Waals surface area contributed by atoms with Crippen molar-refractivity contribution in [1.29, 1.82) is 0 Å². The Bertz CT molecular complexity index is 350. The van der Waals surface area contributed by atoms with Crippen molar-refractivity contribution in [3.05, 3.63) is 36.1 Å². The zero-order valence-electron chi connectivity index (χ0n) is 13.1. The van der Waals surface area contributed by atoms with Crippen molar-refractivity contribution < 1.29 is 9.53 Å². The summed E-state index contributed by atoms with van der Waals surface area (Å²) in [7, 11) is 0. The number of rotatable bonds is 7. The molecule has 0 radical (unpaired) electrons. The Balaban J connectivity index is 4.10. The van der Waals surface area contributed by atoms with Crippen LogP contribution in [-0.4, -0.2) is 5.97 Å². The first-order valence-corrected chi connectivity index (χ1v) is 6.95. The van der Waals surface area contributed by atoms with E-state index in [0.29, 0.717) is 5.76 Å². The Labute approximate surface area is 118 Å². The summed E-state index contributed by atoms with van der Waals surface area (Å²) in [5, 5.41) is 0. The molecule has 0 unspecified atom stereocenters. The molecule has 0 aliphatic carbocycles. The lowest BCUT2D eigenvalue weighted by Gasteiger charge is -2.16. The number of carbonyl (C=O) groups is 1. The Hall–Kier alpha value is -1.31. The van der Waals surface area contributed by atoms with Crippen LogP contribution < -0.4 is 0 Å². The molecule has 0 aliphatic rings. The van der Waals surface area contributed by atoms with E-state index in [1.807, 2.05) is 26.8 Å². The Kier molecular flexibility index (Phi) is 8.13.